The molecule has 56 heavy (non-hydrogen) atoms. The van der Waals surface area contributed by atoms with Crippen molar-refractivity contribution in [2.45, 2.75) is 0 Å². The average molecular weight is 728 g/mol. The highest BCUT2D eigenvalue weighted by Gasteiger charge is 2.24. The number of benzene rings is 9. The molecule has 0 amide bonds. The van der Waals surface area contributed by atoms with Gasteiger partial charge in [-0.1, -0.05) is 152 Å². The first-order chi connectivity index (χ1) is 27.8. The van der Waals surface area contributed by atoms with Crippen LogP contribution in [0.1, 0.15) is 0 Å². The van der Waals surface area contributed by atoms with Crippen LogP contribution in [0.3, 0.4) is 0 Å². The molecule has 1 aliphatic rings. The number of hydrogen-bond donors (Lipinski definition) is 0. The third-order valence-electron chi connectivity index (χ3n) is 11.8. The highest BCUT2D eigenvalue weighted by molar-refractivity contribution is 7.26. The van der Waals surface area contributed by atoms with Gasteiger partial charge in [0.2, 0.25) is 0 Å². The molecule has 9 aromatic carbocycles. The molecule has 0 fully saturated rings. The zero-order chi connectivity index (χ0) is 36.7. The van der Waals surface area contributed by atoms with Crippen molar-refractivity contribution < 1.29 is 0 Å². The summed E-state index contributed by atoms with van der Waals surface area (Å²) in [5.41, 5.74) is 18.6. The zero-order valence-electron chi connectivity index (χ0n) is 30.4. The van der Waals surface area contributed by atoms with Gasteiger partial charge in [0.25, 0.3) is 0 Å². The van der Waals surface area contributed by atoms with Gasteiger partial charge in [0.1, 0.15) is 0 Å². The van der Waals surface area contributed by atoms with Crippen molar-refractivity contribution in [3.8, 4) is 72.4 Å². The molecule has 2 aromatic heterocycles. The Hall–Kier alpha value is -7.00. The van der Waals surface area contributed by atoms with Crippen LogP contribution in [0.25, 0.3) is 114 Å². The van der Waals surface area contributed by atoms with Gasteiger partial charge in [0, 0.05) is 36.6 Å². The van der Waals surface area contributed by atoms with Crippen molar-refractivity contribution in [3.05, 3.63) is 200 Å². The number of hydrogen-bond acceptors (Lipinski definition) is 1. The van der Waals surface area contributed by atoms with E-state index in [4.69, 9.17) is 0 Å². The Bertz CT molecular complexity index is 3360. The van der Waals surface area contributed by atoms with Gasteiger partial charge in [-0.3, -0.25) is 0 Å². The summed E-state index contributed by atoms with van der Waals surface area (Å²) in [6.45, 7) is 0. The molecule has 0 unspecified atom stereocenters. The van der Waals surface area contributed by atoms with E-state index in [2.05, 4.69) is 205 Å². The van der Waals surface area contributed by atoms with Crippen LogP contribution in [-0.4, -0.2) is 4.57 Å². The first-order valence-electron chi connectivity index (χ1n) is 19.3. The molecule has 12 rings (SSSR count). The lowest BCUT2D eigenvalue weighted by atomic mass is 9.79. The van der Waals surface area contributed by atoms with Crippen molar-refractivity contribution >= 4 is 53.3 Å². The maximum Gasteiger partial charge on any atom is 0.0541 e. The lowest BCUT2D eigenvalue weighted by molar-refractivity contribution is 1.18. The fraction of sp³-hybridized carbons (Fsp3) is 0. The van der Waals surface area contributed by atoms with E-state index in [-0.39, 0.29) is 0 Å². The van der Waals surface area contributed by atoms with Gasteiger partial charge >= 0.3 is 0 Å². The Kier molecular flexibility index (Phi) is 6.87. The molecular weight excluding hydrogens is 695 g/mol. The number of thiophene rings is 1. The van der Waals surface area contributed by atoms with Crippen LogP contribution < -0.4 is 0 Å². The summed E-state index contributed by atoms with van der Waals surface area (Å²) in [6, 6.07) is 74.2. The Labute approximate surface area is 329 Å². The van der Waals surface area contributed by atoms with Crippen molar-refractivity contribution in [2.24, 2.45) is 0 Å². The van der Waals surface area contributed by atoms with E-state index in [1.807, 2.05) is 11.3 Å². The monoisotopic (exact) mass is 727 g/mol. The number of para-hydroxylation sites is 2. The van der Waals surface area contributed by atoms with Gasteiger partial charge in [0.05, 0.1) is 11.0 Å². The van der Waals surface area contributed by atoms with E-state index in [1.54, 1.807) is 0 Å². The molecule has 0 aliphatic heterocycles. The second kappa shape index (κ2) is 12.3. The van der Waals surface area contributed by atoms with Crippen LogP contribution in [0, 0.1) is 0 Å². The fourth-order valence-electron chi connectivity index (χ4n) is 9.24. The highest BCUT2D eigenvalue weighted by atomic mass is 32.1. The number of fused-ring (bicyclic) bond motifs is 14. The van der Waals surface area contributed by atoms with Crippen LogP contribution in [-0.2, 0) is 0 Å². The van der Waals surface area contributed by atoms with Crippen molar-refractivity contribution in [1.82, 2.24) is 4.57 Å². The molecule has 0 radical (unpaired) electrons. The first-order valence-corrected chi connectivity index (χ1v) is 20.1. The van der Waals surface area contributed by atoms with Gasteiger partial charge in [0.15, 0.2) is 0 Å². The van der Waals surface area contributed by atoms with Crippen LogP contribution in [0.5, 0.6) is 0 Å². The molecule has 260 valence electrons. The summed E-state index contributed by atoms with van der Waals surface area (Å²) in [7, 11) is 0. The molecule has 0 atom stereocenters. The summed E-state index contributed by atoms with van der Waals surface area (Å²) in [4.78, 5) is 0. The Morgan fingerprint density at radius 1 is 0.286 bits per heavy atom. The lowest BCUT2D eigenvalue weighted by Crippen LogP contribution is -1.98. The van der Waals surface area contributed by atoms with Crippen molar-refractivity contribution in [2.75, 3.05) is 0 Å². The normalized spacial score (nSPS) is 11.9. The molecule has 0 saturated carbocycles. The molecule has 1 aliphatic carbocycles. The molecule has 2 heterocycles. The molecular formula is C54H33NS. The van der Waals surface area contributed by atoms with Crippen LogP contribution >= 0.6 is 11.3 Å². The van der Waals surface area contributed by atoms with Gasteiger partial charge < -0.3 is 4.57 Å². The summed E-state index contributed by atoms with van der Waals surface area (Å²) >= 11 is 1.89. The summed E-state index contributed by atoms with van der Waals surface area (Å²) in [5.74, 6) is 0. The van der Waals surface area contributed by atoms with E-state index in [0.717, 1.165) is 0 Å². The Balaban J connectivity index is 1.09. The molecule has 0 bridgehead atoms. The summed E-state index contributed by atoms with van der Waals surface area (Å²) in [6.07, 6.45) is 0. The minimum Gasteiger partial charge on any atom is -0.309 e. The molecule has 11 aromatic rings. The Morgan fingerprint density at radius 3 is 1.55 bits per heavy atom. The van der Waals surface area contributed by atoms with Gasteiger partial charge in [-0.2, -0.15) is 0 Å². The topological polar surface area (TPSA) is 4.93 Å². The molecule has 0 spiro atoms. The van der Waals surface area contributed by atoms with Gasteiger partial charge in [-0.15, -0.1) is 11.3 Å². The van der Waals surface area contributed by atoms with Gasteiger partial charge in [-0.05, 0) is 115 Å². The predicted molar refractivity (Wildman–Crippen MR) is 240 cm³/mol. The lowest BCUT2D eigenvalue weighted by Gasteiger charge is -2.24. The number of nitrogens with zero attached hydrogens (tertiary/aromatic N) is 1. The third kappa shape index (κ3) is 4.67. The molecule has 0 N–H and O–H groups in total. The number of rotatable bonds is 3. The second-order valence-electron chi connectivity index (χ2n) is 14.8. The first kappa shape index (κ1) is 31.4. The van der Waals surface area contributed by atoms with E-state index >= 15 is 0 Å². The third-order valence-corrected chi connectivity index (χ3v) is 13.0. The van der Waals surface area contributed by atoms with Crippen molar-refractivity contribution in [3.63, 3.8) is 0 Å². The maximum atomic E-state index is 2.45. The molecule has 1 nitrogen and oxygen atoms in total. The van der Waals surface area contributed by atoms with Crippen molar-refractivity contribution in [1.29, 1.82) is 0 Å². The standard InChI is InChI=1S/C54H33NS/c1-2-13-37(14-3-1)55-51-23-10-8-19-45(51)50-32-35(27-30-52(50)55)34-25-28-43-41-17-5-4-15-39(41)40-16-6-7-18-42(40)49-33-36(26-29-44(49)48(43)31-34)38-21-12-22-47-46-20-9-11-24-53(46)56-54(38)47/h1-33H. The SMILES string of the molecule is c1ccc(-n2c3ccccc3c3cc(-c4ccc5c(c4)-c4ccc(-c6cccc7c6sc6ccccc67)cc4-c4ccccc4-c4ccccc4-5)ccc32)cc1. The van der Waals surface area contributed by atoms with E-state index in [1.165, 1.54) is 114 Å². The number of aromatic nitrogens is 1. The Morgan fingerprint density at radius 2 is 0.786 bits per heavy atom. The fourth-order valence-corrected chi connectivity index (χ4v) is 10.5. The average Bonchev–Trinajstić information content (AvgIpc) is 3.82. The van der Waals surface area contributed by atoms with Gasteiger partial charge in [-0.25, -0.2) is 0 Å². The molecule has 2 heteroatoms. The maximum absolute atomic E-state index is 2.45. The predicted octanol–water partition coefficient (Wildman–Crippen LogP) is 15.5. The zero-order valence-corrected chi connectivity index (χ0v) is 31.2. The van der Waals surface area contributed by atoms with E-state index in [9.17, 15) is 0 Å². The van der Waals surface area contributed by atoms with Crippen LogP contribution in [0.15, 0.2) is 200 Å². The van der Waals surface area contributed by atoms with Crippen LogP contribution in [0.4, 0.5) is 0 Å². The second-order valence-corrected chi connectivity index (χ2v) is 15.9. The van der Waals surface area contributed by atoms with E-state index in [0.29, 0.717) is 0 Å². The molecule has 0 saturated heterocycles. The van der Waals surface area contributed by atoms with E-state index < -0.39 is 0 Å². The smallest absolute Gasteiger partial charge is 0.0541 e. The summed E-state index contributed by atoms with van der Waals surface area (Å²) in [5, 5.41) is 5.17. The van der Waals surface area contributed by atoms with Crippen LogP contribution in [0.2, 0.25) is 0 Å². The summed E-state index contributed by atoms with van der Waals surface area (Å²) < 4.78 is 5.05. The highest BCUT2D eigenvalue weighted by Crippen LogP contribution is 2.50. The minimum absolute atomic E-state index is 1.17. The quantitative estimate of drug-likeness (QED) is 0.171. The largest absolute Gasteiger partial charge is 0.309 e. The minimum atomic E-state index is 1.17.